The van der Waals surface area contributed by atoms with Crippen molar-refractivity contribution in [3.8, 4) is 17.2 Å². The summed E-state index contributed by atoms with van der Waals surface area (Å²) in [6, 6.07) is 7.29. The maximum atomic E-state index is 12.5. The zero-order chi connectivity index (χ0) is 17.3. The minimum absolute atomic E-state index is 0.0785. The van der Waals surface area contributed by atoms with E-state index in [1.807, 2.05) is 12.1 Å². The first-order valence-electron chi connectivity index (χ1n) is 7.98. The van der Waals surface area contributed by atoms with Gasteiger partial charge in [-0.1, -0.05) is 18.2 Å². The predicted molar refractivity (Wildman–Crippen MR) is 87.4 cm³/mol. The molecule has 128 valence electrons. The fraction of sp³-hybridized carbons (Fsp3) is 0.294. The van der Waals surface area contributed by atoms with Crippen molar-refractivity contribution >= 4 is 5.95 Å². The van der Waals surface area contributed by atoms with Gasteiger partial charge in [0.25, 0.3) is 5.89 Å². The minimum Gasteiger partial charge on any atom is -0.508 e. The Hall–Kier alpha value is -3.03. The number of benzene rings is 1. The third-order valence-corrected chi connectivity index (χ3v) is 4.46. The first-order valence-corrected chi connectivity index (χ1v) is 7.98. The number of alkyl halides is 1. The molecule has 2 N–H and O–H groups in total. The fourth-order valence-electron chi connectivity index (χ4n) is 3.01. The SMILES string of the molecule is Oc1ccccc1C1(Nc2ncc(-c3nnc(CF)o3)cn2)CCC1. The van der Waals surface area contributed by atoms with Crippen LogP contribution in [-0.2, 0) is 12.2 Å². The summed E-state index contributed by atoms with van der Waals surface area (Å²) in [7, 11) is 0. The molecule has 4 rings (SSSR count). The minimum atomic E-state index is -0.809. The van der Waals surface area contributed by atoms with Crippen LogP contribution in [0.2, 0.25) is 0 Å². The third kappa shape index (κ3) is 2.79. The first kappa shape index (κ1) is 15.5. The van der Waals surface area contributed by atoms with E-state index in [9.17, 15) is 9.50 Å². The summed E-state index contributed by atoms with van der Waals surface area (Å²) in [6.45, 7) is -0.809. The van der Waals surface area contributed by atoms with Crippen LogP contribution >= 0.6 is 0 Å². The molecule has 3 aromatic rings. The lowest BCUT2D eigenvalue weighted by Gasteiger charge is -2.43. The molecule has 25 heavy (non-hydrogen) atoms. The van der Waals surface area contributed by atoms with Crippen molar-refractivity contribution in [2.75, 3.05) is 5.32 Å². The van der Waals surface area contributed by atoms with E-state index < -0.39 is 6.67 Å². The van der Waals surface area contributed by atoms with Crippen LogP contribution in [0.15, 0.2) is 41.1 Å². The van der Waals surface area contributed by atoms with E-state index >= 15 is 0 Å². The van der Waals surface area contributed by atoms with Crippen molar-refractivity contribution in [3.63, 3.8) is 0 Å². The molecule has 1 aliphatic rings. The van der Waals surface area contributed by atoms with Crippen molar-refractivity contribution in [3.05, 3.63) is 48.1 Å². The zero-order valence-corrected chi connectivity index (χ0v) is 13.3. The molecule has 1 fully saturated rings. The molecular formula is C17H16FN5O2. The molecule has 0 atom stereocenters. The van der Waals surface area contributed by atoms with Gasteiger partial charge in [-0.25, -0.2) is 14.4 Å². The number of aromatic hydroxyl groups is 1. The summed E-state index contributed by atoms with van der Waals surface area (Å²) in [5.74, 6) is 0.802. The Bertz CT molecular complexity index is 877. The monoisotopic (exact) mass is 341 g/mol. The highest BCUT2D eigenvalue weighted by Crippen LogP contribution is 2.46. The number of nitrogens with zero attached hydrogens (tertiary/aromatic N) is 4. The van der Waals surface area contributed by atoms with Crippen LogP contribution in [0, 0.1) is 0 Å². The summed E-state index contributed by atoms with van der Waals surface area (Å²) >= 11 is 0. The van der Waals surface area contributed by atoms with E-state index in [1.54, 1.807) is 24.5 Å². The average Bonchev–Trinajstić information content (AvgIpc) is 3.09. The number of para-hydroxylation sites is 1. The zero-order valence-electron chi connectivity index (χ0n) is 13.3. The average molecular weight is 341 g/mol. The van der Waals surface area contributed by atoms with Crippen LogP contribution in [-0.4, -0.2) is 25.3 Å². The number of rotatable bonds is 5. The maximum Gasteiger partial charge on any atom is 0.251 e. The van der Waals surface area contributed by atoms with Crippen LogP contribution in [0.1, 0.15) is 30.7 Å². The van der Waals surface area contributed by atoms with Crippen LogP contribution < -0.4 is 5.32 Å². The molecule has 0 radical (unpaired) electrons. The lowest BCUT2D eigenvalue weighted by Crippen LogP contribution is -2.42. The smallest absolute Gasteiger partial charge is 0.251 e. The highest BCUT2D eigenvalue weighted by atomic mass is 19.1. The van der Waals surface area contributed by atoms with Gasteiger partial charge in [-0.3, -0.25) is 0 Å². The third-order valence-electron chi connectivity index (χ3n) is 4.46. The maximum absolute atomic E-state index is 12.5. The quantitative estimate of drug-likeness (QED) is 0.735. The molecule has 1 saturated carbocycles. The summed E-state index contributed by atoms with van der Waals surface area (Å²) in [5.41, 5.74) is 1.00. The van der Waals surface area contributed by atoms with Crippen LogP contribution in [0.25, 0.3) is 11.5 Å². The Labute approximate surface area is 143 Å². The van der Waals surface area contributed by atoms with E-state index in [0.717, 1.165) is 24.8 Å². The number of phenols is 1. The highest BCUT2D eigenvalue weighted by Gasteiger charge is 2.41. The molecule has 7 nitrogen and oxygen atoms in total. The Morgan fingerprint density at radius 3 is 2.52 bits per heavy atom. The molecule has 0 spiro atoms. The van der Waals surface area contributed by atoms with Crippen molar-refractivity contribution in [1.82, 2.24) is 20.2 Å². The van der Waals surface area contributed by atoms with Gasteiger partial charge in [0.2, 0.25) is 11.8 Å². The number of phenolic OH excluding ortho intramolecular Hbond substituents is 1. The van der Waals surface area contributed by atoms with Gasteiger partial charge in [0.15, 0.2) is 6.67 Å². The molecule has 2 heterocycles. The second kappa shape index (κ2) is 6.12. The van der Waals surface area contributed by atoms with Gasteiger partial charge in [0, 0.05) is 18.0 Å². The van der Waals surface area contributed by atoms with Gasteiger partial charge in [-0.2, -0.15) is 0 Å². The van der Waals surface area contributed by atoms with E-state index in [-0.39, 0.29) is 23.1 Å². The lowest BCUT2D eigenvalue weighted by atomic mass is 9.71. The molecule has 0 amide bonds. The number of nitrogens with one attached hydrogen (secondary N) is 1. The van der Waals surface area contributed by atoms with Gasteiger partial charge in [0.05, 0.1) is 11.1 Å². The van der Waals surface area contributed by atoms with E-state index in [1.165, 1.54) is 0 Å². The van der Waals surface area contributed by atoms with Crippen LogP contribution in [0.5, 0.6) is 5.75 Å². The number of anilines is 1. The molecule has 0 bridgehead atoms. The van der Waals surface area contributed by atoms with Gasteiger partial charge < -0.3 is 14.8 Å². The van der Waals surface area contributed by atoms with Gasteiger partial charge >= 0.3 is 0 Å². The Kier molecular flexibility index (Phi) is 3.79. The van der Waals surface area contributed by atoms with Crippen LogP contribution in [0.4, 0.5) is 10.3 Å². The molecule has 8 heteroatoms. The van der Waals surface area contributed by atoms with E-state index in [2.05, 4.69) is 25.5 Å². The first-order chi connectivity index (χ1) is 12.2. The predicted octanol–water partition coefficient (Wildman–Crippen LogP) is 3.19. The summed E-state index contributed by atoms with van der Waals surface area (Å²) in [5, 5.41) is 20.8. The summed E-state index contributed by atoms with van der Waals surface area (Å²) in [4.78, 5) is 8.57. The molecule has 1 aliphatic carbocycles. The van der Waals surface area contributed by atoms with Crippen molar-refractivity contribution in [2.45, 2.75) is 31.5 Å². The number of hydrogen-bond acceptors (Lipinski definition) is 7. The second-order valence-corrected chi connectivity index (χ2v) is 6.01. The molecule has 2 aromatic heterocycles. The molecule has 1 aromatic carbocycles. The van der Waals surface area contributed by atoms with E-state index in [0.29, 0.717) is 11.5 Å². The number of aromatic nitrogens is 4. The van der Waals surface area contributed by atoms with Crippen molar-refractivity contribution in [1.29, 1.82) is 0 Å². The topological polar surface area (TPSA) is 97.0 Å². The largest absolute Gasteiger partial charge is 0.508 e. The Morgan fingerprint density at radius 2 is 1.92 bits per heavy atom. The number of hydrogen-bond donors (Lipinski definition) is 2. The summed E-state index contributed by atoms with van der Waals surface area (Å²) in [6.07, 6.45) is 5.93. The Morgan fingerprint density at radius 1 is 1.16 bits per heavy atom. The standard InChI is InChI=1S/C17H16FN5O2/c18-8-14-22-23-15(25-14)11-9-19-16(20-10-11)21-17(6-3-7-17)12-4-1-2-5-13(12)24/h1-2,4-5,9-10,24H,3,6-8H2,(H,19,20,21). The molecule has 0 aliphatic heterocycles. The lowest BCUT2D eigenvalue weighted by molar-refractivity contribution is 0.273. The van der Waals surface area contributed by atoms with E-state index in [4.69, 9.17) is 4.42 Å². The van der Waals surface area contributed by atoms with Crippen molar-refractivity contribution < 1.29 is 13.9 Å². The number of halogens is 1. The second-order valence-electron chi connectivity index (χ2n) is 6.01. The van der Waals surface area contributed by atoms with Gasteiger partial charge in [-0.05, 0) is 25.3 Å². The Balaban J connectivity index is 1.57. The van der Waals surface area contributed by atoms with Crippen LogP contribution in [0.3, 0.4) is 0 Å². The molecule has 0 unspecified atom stereocenters. The fourth-order valence-corrected chi connectivity index (χ4v) is 3.01. The normalized spacial score (nSPS) is 15.6. The summed E-state index contributed by atoms with van der Waals surface area (Å²) < 4.78 is 17.6. The van der Waals surface area contributed by atoms with Gasteiger partial charge in [0.1, 0.15) is 5.75 Å². The van der Waals surface area contributed by atoms with Crippen molar-refractivity contribution in [2.24, 2.45) is 0 Å². The van der Waals surface area contributed by atoms with Gasteiger partial charge in [-0.15, -0.1) is 10.2 Å². The molecule has 0 saturated heterocycles. The highest BCUT2D eigenvalue weighted by molar-refractivity contribution is 5.52. The molecular weight excluding hydrogens is 325 g/mol.